The number of H-pyrrole nitrogens is 1. The molecule has 0 aliphatic heterocycles. The summed E-state index contributed by atoms with van der Waals surface area (Å²) >= 11 is 0. The highest BCUT2D eigenvalue weighted by atomic mass is 16.3. The number of aromatic amines is 1. The number of pyridine rings is 1. The third-order valence-electron chi connectivity index (χ3n) is 3.32. The van der Waals surface area contributed by atoms with Gasteiger partial charge in [-0.25, -0.2) is 0 Å². The van der Waals surface area contributed by atoms with Crippen LogP contribution in [0.4, 0.5) is 0 Å². The van der Waals surface area contributed by atoms with Crippen LogP contribution in [-0.4, -0.2) is 38.8 Å². The number of hydrogen-bond donors (Lipinski definition) is 3. The number of aliphatic hydroxyl groups is 1. The zero-order valence-electron chi connectivity index (χ0n) is 11.4. The summed E-state index contributed by atoms with van der Waals surface area (Å²) < 4.78 is 1.95. The first-order chi connectivity index (χ1) is 10.3. The van der Waals surface area contributed by atoms with E-state index in [0.29, 0.717) is 18.5 Å². The lowest BCUT2D eigenvalue weighted by Gasteiger charge is -2.03. The highest BCUT2D eigenvalue weighted by Crippen LogP contribution is 2.24. The highest BCUT2D eigenvalue weighted by Gasteiger charge is 2.16. The maximum absolute atomic E-state index is 12.3. The quantitative estimate of drug-likeness (QED) is 0.620. The molecule has 0 spiro atoms. The smallest absolute Gasteiger partial charge is 0.253 e. The summed E-state index contributed by atoms with van der Waals surface area (Å²) in [5.74, 6) is -0.141. The SMILES string of the molecule is O=C(NCCCO)c1cc(-c2ccn[nH]2)n2ccccc12. The molecule has 0 aliphatic rings. The van der Waals surface area contributed by atoms with Gasteiger partial charge in [-0.3, -0.25) is 9.89 Å². The van der Waals surface area contributed by atoms with Crippen molar-refractivity contribution in [3.63, 3.8) is 0 Å². The summed E-state index contributed by atoms with van der Waals surface area (Å²) in [6, 6.07) is 9.43. The van der Waals surface area contributed by atoms with Crippen LogP contribution in [0.2, 0.25) is 0 Å². The predicted molar refractivity (Wildman–Crippen MR) is 79.0 cm³/mol. The number of carbonyl (C=O) groups excluding carboxylic acids is 1. The molecule has 0 saturated heterocycles. The van der Waals surface area contributed by atoms with E-state index >= 15 is 0 Å². The van der Waals surface area contributed by atoms with Crippen molar-refractivity contribution in [3.05, 3.63) is 48.3 Å². The molecule has 6 nitrogen and oxygen atoms in total. The Balaban J connectivity index is 2.01. The van der Waals surface area contributed by atoms with Crippen molar-refractivity contribution in [2.75, 3.05) is 13.2 Å². The van der Waals surface area contributed by atoms with Crippen LogP contribution in [0.1, 0.15) is 16.8 Å². The molecule has 0 radical (unpaired) electrons. The Labute approximate surface area is 121 Å². The Morgan fingerprint density at radius 3 is 3.05 bits per heavy atom. The van der Waals surface area contributed by atoms with Gasteiger partial charge < -0.3 is 14.8 Å². The van der Waals surface area contributed by atoms with Crippen molar-refractivity contribution in [1.29, 1.82) is 0 Å². The fourth-order valence-electron chi connectivity index (χ4n) is 2.32. The number of rotatable bonds is 5. The topological polar surface area (TPSA) is 82.4 Å². The van der Waals surface area contributed by atoms with E-state index < -0.39 is 0 Å². The van der Waals surface area contributed by atoms with Crippen LogP contribution < -0.4 is 5.32 Å². The van der Waals surface area contributed by atoms with Gasteiger partial charge in [-0.15, -0.1) is 0 Å². The minimum Gasteiger partial charge on any atom is -0.396 e. The number of aliphatic hydroxyl groups excluding tert-OH is 1. The second-order valence-electron chi connectivity index (χ2n) is 4.70. The second kappa shape index (κ2) is 5.80. The largest absolute Gasteiger partial charge is 0.396 e. The highest BCUT2D eigenvalue weighted by molar-refractivity contribution is 6.02. The average Bonchev–Trinajstić information content (AvgIpc) is 3.14. The molecule has 3 aromatic rings. The van der Waals surface area contributed by atoms with E-state index in [9.17, 15) is 4.79 Å². The standard InChI is InChI=1S/C15H16N4O2/c20-9-3-6-16-15(21)11-10-14(12-5-7-17-18-12)19-8-2-1-4-13(11)19/h1-2,4-5,7-8,10,20H,3,6,9H2,(H,16,21)(H,17,18). The van der Waals surface area contributed by atoms with Gasteiger partial charge in [0.2, 0.25) is 0 Å². The van der Waals surface area contributed by atoms with Crippen molar-refractivity contribution in [3.8, 4) is 11.4 Å². The molecule has 21 heavy (non-hydrogen) atoms. The van der Waals surface area contributed by atoms with E-state index in [1.165, 1.54) is 0 Å². The number of nitrogens with zero attached hydrogens (tertiary/aromatic N) is 2. The second-order valence-corrected chi connectivity index (χ2v) is 4.70. The molecule has 0 aromatic carbocycles. The normalized spacial score (nSPS) is 10.9. The third-order valence-corrected chi connectivity index (χ3v) is 3.32. The zero-order valence-corrected chi connectivity index (χ0v) is 11.4. The Kier molecular flexibility index (Phi) is 3.70. The van der Waals surface area contributed by atoms with Crippen molar-refractivity contribution < 1.29 is 9.90 Å². The number of hydrogen-bond acceptors (Lipinski definition) is 3. The zero-order chi connectivity index (χ0) is 14.7. The molecule has 0 fully saturated rings. The minimum atomic E-state index is -0.141. The Morgan fingerprint density at radius 2 is 2.29 bits per heavy atom. The molecule has 3 heterocycles. The predicted octanol–water partition coefficient (Wildman–Crippen LogP) is 1.44. The van der Waals surface area contributed by atoms with E-state index in [1.807, 2.05) is 40.9 Å². The van der Waals surface area contributed by atoms with Crippen LogP contribution in [0, 0.1) is 0 Å². The molecule has 6 heteroatoms. The van der Waals surface area contributed by atoms with Crippen molar-refractivity contribution in [1.82, 2.24) is 19.9 Å². The first-order valence-electron chi connectivity index (χ1n) is 6.80. The number of carbonyl (C=O) groups is 1. The minimum absolute atomic E-state index is 0.0657. The van der Waals surface area contributed by atoms with E-state index in [4.69, 9.17) is 5.11 Å². The van der Waals surface area contributed by atoms with E-state index in [0.717, 1.165) is 16.9 Å². The molecule has 1 amide bonds. The summed E-state index contributed by atoms with van der Waals surface area (Å²) in [5.41, 5.74) is 3.18. The van der Waals surface area contributed by atoms with Crippen molar-refractivity contribution in [2.45, 2.75) is 6.42 Å². The van der Waals surface area contributed by atoms with Gasteiger partial charge in [0, 0.05) is 25.5 Å². The average molecular weight is 284 g/mol. The Hall–Kier alpha value is -2.60. The molecule has 3 N–H and O–H groups in total. The van der Waals surface area contributed by atoms with Crippen LogP contribution in [0.25, 0.3) is 16.9 Å². The Bertz CT molecular complexity index is 746. The van der Waals surface area contributed by atoms with Gasteiger partial charge in [-0.2, -0.15) is 5.10 Å². The Morgan fingerprint density at radius 1 is 1.38 bits per heavy atom. The van der Waals surface area contributed by atoms with Gasteiger partial charge in [-0.1, -0.05) is 6.07 Å². The summed E-state index contributed by atoms with van der Waals surface area (Å²) in [5, 5.41) is 18.5. The number of amides is 1. The van der Waals surface area contributed by atoms with E-state index in [2.05, 4.69) is 15.5 Å². The summed E-state index contributed by atoms with van der Waals surface area (Å²) in [6.45, 7) is 0.523. The van der Waals surface area contributed by atoms with Crippen LogP contribution in [-0.2, 0) is 0 Å². The molecule has 108 valence electrons. The third kappa shape index (κ3) is 2.53. The van der Waals surface area contributed by atoms with Crippen molar-refractivity contribution >= 4 is 11.4 Å². The molecular formula is C15H16N4O2. The number of aromatic nitrogens is 3. The first-order valence-corrected chi connectivity index (χ1v) is 6.80. The number of fused-ring (bicyclic) bond motifs is 1. The fraction of sp³-hybridized carbons (Fsp3) is 0.200. The molecule has 0 aliphatic carbocycles. The lowest BCUT2D eigenvalue weighted by Crippen LogP contribution is -2.24. The molecule has 0 saturated carbocycles. The van der Waals surface area contributed by atoms with Gasteiger partial charge >= 0.3 is 0 Å². The molecular weight excluding hydrogens is 268 g/mol. The molecule has 0 atom stereocenters. The monoisotopic (exact) mass is 284 g/mol. The van der Waals surface area contributed by atoms with E-state index in [1.54, 1.807) is 6.20 Å². The van der Waals surface area contributed by atoms with Gasteiger partial charge in [0.05, 0.1) is 22.5 Å². The molecule has 0 unspecified atom stereocenters. The van der Waals surface area contributed by atoms with Gasteiger partial charge in [-0.05, 0) is 30.7 Å². The van der Waals surface area contributed by atoms with Crippen LogP contribution >= 0.6 is 0 Å². The fourth-order valence-corrected chi connectivity index (χ4v) is 2.32. The van der Waals surface area contributed by atoms with Gasteiger partial charge in [0.1, 0.15) is 0 Å². The van der Waals surface area contributed by atoms with Crippen LogP contribution in [0.3, 0.4) is 0 Å². The van der Waals surface area contributed by atoms with Crippen molar-refractivity contribution in [2.24, 2.45) is 0 Å². The molecule has 3 rings (SSSR count). The lowest BCUT2D eigenvalue weighted by molar-refractivity contribution is 0.0953. The molecule has 0 bridgehead atoms. The first kappa shape index (κ1) is 13.4. The van der Waals surface area contributed by atoms with Gasteiger partial charge in [0.15, 0.2) is 0 Å². The van der Waals surface area contributed by atoms with E-state index in [-0.39, 0.29) is 12.5 Å². The lowest BCUT2D eigenvalue weighted by atomic mass is 10.2. The maximum atomic E-state index is 12.3. The summed E-state index contributed by atoms with van der Waals surface area (Å²) in [6.07, 6.45) is 4.14. The maximum Gasteiger partial charge on any atom is 0.253 e. The van der Waals surface area contributed by atoms with Crippen LogP contribution in [0.15, 0.2) is 42.7 Å². The number of nitrogens with one attached hydrogen (secondary N) is 2. The van der Waals surface area contributed by atoms with Crippen LogP contribution in [0.5, 0.6) is 0 Å². The summed E-state index contributed by atoms with van der Waals surface area (Å²) in [4.78, 5) is 12.3. The van der Waals surface area contributed by atoms with Gasteiger partial charge in [0.25, 0.3) is 5.91 Å². The molecule has 3 aromatic heterocycles. The summed E-state index contributed by atoms with van der Waals surface area (Å²) in [7, 11) is 0.